The van der Waals surface area contributed by atoms with Crippen molar-refractivity contribution in [2.75, 3.05) is 0 Å². The summed E-state index contributed by atoms with van der Waals surface area (Å²) in [4.78, 5) is 3.87. The normalized spacial score (nSPS) is 19.2. The Labute approximate surface area is 108 Å². The fraction of sp³-hybridized carbons (Fsp3) is 0.455. The number of hydrogen-bond acceptors (Lipinski definition) is 6. The first-order valence-electron chi connectivity index (χ1n) is 5.88. The molecule has 2 aromatic rings. The maximum Gasteiger partial charge on any atom is 0.277 e. The van der Waals surface area contributed by atoms with Crippen molar-refractivity contribution in [3.8, 4) is 0 Å². The summed E-state index contributed by atoms with van der Waals surface area (Å²) in [6, 6.07) is 0. The largest absolute Gasteiger partial charge is 0.414 e. The van der Waals surface area contributed by atoms with Crippen molar-refractivity contribution in [2.45, 2.75) is 36.3 Å². The number of aromatic nitrogens is 5. The lowest BCUT2D eigenvalue weighted by atomic mass is 10.1. The van der Waals surface area contributed by atoms with Crippen molar-refractivity contribution in [3.05, 3.63) is 30.7 Å². The molecule has 0 saturated heterocycles. The maximum atomic E-state index is 5.58. The van der Waals surface area contributed by atoms with Crippen LogP contribution in [0, 0.1) is 0 Å². The predicted octanol–water partition coefficient (Wildman–Crippen LogP) is 1.91. The summed E-state index contributed by atoms with van der Waals surface area (Å²) in [6.07, 6.45) is 11.1. The van der Waals surface area contributed by atoms with E-state index in [1.807, 2.05) is 0 Å². The summed E-state index contributed by atoms with van der Waals surface area (Å²) < 4.78 is 7.23. The van der Waals surface area contributed by atoms with Crippen LogP contribution in [0.15, 0.2) is 34.4 Å². The van der Waals surface area contributed by atoms with Crippen LogP contribution in [0.3, 0.4) is 0 Å². The molecule has 7 heteroatoms. The molecule has 0 fully saturated rings. The zero-order valence-corrected chi connectivity index (χ0v) is 10.6. The van der Waals surface area contributed by atoms with Gasteiger partial charge in [-0.2, -0.15) is 5.10 Å². The van der Waals surface area contributed by atoms with Crippen LogP contribution in [-0.2, 0) is 6.54 Å². The Morgan fingerprint density at radius 3 is 3.22 bits per heavy atom. The second-order valence-electron chi connectivity index (χ2n) is 4.07. The van der Waals surface area contributed by atoms with E-state index in [0.29, 0.717) is 22.9 Å². The van der Waals surface area contributed by atoms with E-state index in [0.717, 1.165) is 0 Å². The molecule has 2 aromatic heterocycles. The Kier molecular flexibility index (Phi) is 3.40. The summed E-state index contributed by atoms with van der Waals surface area (Å²) in [7, 11) is 0. The second kappa shape index (κ2) is 5.34. The van der Waals surface area contributed by atoms with E-state index in [4.69, 9.17) is 4.42 Å². The fourth-order valence-electron chi connectivity index (χ4n) is 1.81. The standard InChI is InChI=1S/C11H13N5OS/c1-2-4-9(5-3-1)18-11-15-14-10(17-11)6-16-8-12-7-13-16/h2,4,7-9H,1,3,5-6H2. The lowest BCUT2D eigenvalue weighted by Gasteiger charge is -2.12. The molecule has 2 heterocycles. The first-order chi connectivity index (χ1) is 8.90. The number of thioether (sulfide) groups is 1. The molecule has 0 aromatic carbocycles. The van der Waals surface area contributed by atoms with Gasteiger partial charge in [-0.05, 0) is 19.3 Å². The zero-order valence-electron chi connectivity index (χ0n) is 9.77. The smallest absolute Gasteiger partial charge is 0.277 e. The molecule has 0 amide bonds. The minimum atomic E-state index is 0.457. The highest BCUT2D eigenvalue weighted by Crippen LogP contribution is 2.29. The highest BCUT2D eigenvalue weighted by Gasteiger charge is 2.14. The highest BCUT2D eigenvalue weighted by atomic mass is 32.2. The van der Waals surface area contributed by atoms with Crippen LogP contribution in [0.5, 0.6) is 0 Å². The van der Waals surface area contributed by atoms with E-state index in [9.17, 15) is 0 Å². The summed E-state index contributed by atoms with van der Waals surface area (Å²) in [5.74, 6) is 0.558. The third-order valence-corrected chi connectivity index (χ3v) is 3.74. The Morgan fingerprint density at radius 2 is 2.44 bits per heavy atom. The van der Waals surface area contributed by atoms with Gasteiger partial charge < -0.3 is 4.42 Å². The van der Waals surface area contributed by atoms with Gasteiger partial charge in [0.2, 0.25) is 5.89 Å². The number of nitrogens with zero attached hydrogens (tertiary/aromatic N) is 5. The van der Waals surface area contributed by atoms with Gasteiger partial charge in [0.1, 0.15) is 19.2 Å². The van der Waals surface area contributed by atoms with Gasteiger partial charge in [0.05, 0.1) is 0 Å². The molecule has 1 aliphatic rings. The first-order valence-corrected chi connectivity index (χ1v) is 6.76. The summed E-state index contributed by atoms with van der Waals surface area (Å²) >= 11 is 1.63. The maximum absolute atomic E-state index is 5.58. The number of allylic oxidation sites excluding steroid dienone is 1. The lowest BCUT2D eigenvalue weighted by molar-refractivity contribution is 0.397. The second-order valence-corrected chi connectivity index (χ2v) is 5.26. The van der Waals surface area contributed by atoms with E-state index >= 15 is 0 Å². The number of hydrogen-bond donors (Lipinski definition) is 0. The summed E-state index contributed by atoms with van der Waals surface area (Å²) in [5.41, 5.74) is 0. The van der Waals surface area contributed by atoms with Crippen LogP contribution in [0.2, 0.25) is 0 Å². The van der Waals surface area contributed by atoms with Crippen molar-refractivity contribution in [3.63, 3.8) is 0 Å². The molecule has 1 aliphatic carbocycles. The molecule has 0 spiro atoms. The van der Waals surface area contributed by atoms with Crippen LogP contribution >= 0.6 is 11.8 Å². The molecule has 94 valence electrons. The quantitative estimate of drug-likeness (QED) is 0.785. The average Bonchev–Trinajstić information content (AvgIpc) is 3.03. The molecule has 0 bridgehead atoms. The lowest BCUT2D eigenvalue weighted by Crippen LogP contribution is -2.01. The molecular formula is C11H13N5OS. The van der Waals surface area contributed by atoms with Crippen molar-refractivity contribution in [1.29, 1.82) is 0 Å². The van der Waals surface area contributed by atoms with Crippen LogP contribution in [-0.4, -0.2) is 30.2 Å². The molecule has 0 N–H and O–H groups in total. The Balaban J connectivity index is 1.62. The van der Waals surface area contributed by atoms with Gasteiger partial charge in [0.25, 0.3) is 5.22 Å². The van der Waals surface area contributed by atoms with E-state index in [1.54, 1.807) is 22.8 Å². The van der Waals surface area contributed by atoms with E-state index in [1.165, 1.54) is 25.6 Å². The van der Waals surface area contributed by atoms with Crippen LogP contribution in [0.1, 0.15) is 25.2 Å². The monoisotopic (exact) mass is 263 g/mol. The van der Waals surface area contributed by atoms with Gasteiger partial charge in [0, 0.05) is 5.25 Å². The van der Waals surface area contributed by atoms with Gasteiger partial charge in [-0.3, -0.25) is 0 Å². The number of rotatable bonds is 4. The third-order valence-electron chi connectivity index (χ3n) is 2.67. The molecule has 3 rings (SSSR count). The minimum Gasteiger partial charge on any atom is -0.414 e. The Morgan fingerprint density at radius 1 is 1.44 bits per heavy atom. The van der Waals surface area contributed by atoms with Crippen LogP contribution in [0.25, 0.3) is 0 Å². The van der Waals surface area contributed by atoms with Crippen molar-refractivity contribution in [2.24, 2.45) is 0 Å². The molecule has 0 aliphatic heterocycles. The van der Waals surface area contributed by atoms with Gasteiger partial charge in [-0.25, -0.2) is 9.67 Å². The topological polar surface area (TPSA) is 69.6 Å². The van der Waals surface area contributed by atoms with Crippen LogP contribution < -0.4 is 0 Å². The van der Waals surface area contributed by atoms with Crippen LogP contribution in [0.4, 0.5) is 0 Å². The minimum absolute atomic E-state index is 0.457. The van der Waals surface area contributed by atoms with E-state index in [2.05, 4.69) is 32.4 Å². The van der Waals surface area contributed by atoms with Crippen molar-refractivity contribution in [1.82, 2.24) is 25.0 Å². The predicted molar refractivity (Wildman–Crippen MR) is 66.1 cm³/mol. The Hall–Kier alpha value is -1.63. The molecular weight excluding hydrogens is 250 g/mol. The van der Waals surface area contributed by atoms with E-state index in [-0.39, 0.29) is 0 Å². The molecule has 1 unspecified atom stereocenters. The average molecular weight is 263 g/mol. The molecule has 6 nitrogen and oxygen atoms in total. The van der Waals surface area contributed by atoms with Gasteiger partial charge >= 0.3 is 0 Å². The van der Waals surface area contributed by atoms with Gasteiger partial charge in [0.15, 0.2) is 0 Å². The van der Waals surface area contributed by atoms with E-state index < -0.39 is 0 Å². The highest BCUT2D eigenvalue weighted by molar-refractivity contribution is 7.99. The van der Waals surface area contributed by atoms with Crippen molar-refractivity contribution < 1.29 is 4.42 Å². The third kappa shape index (κ3) is 2.79. The molecule has 18 heavy (non-hydrogen) atoms. The molecule has 0 radical (unpaired) electrons. The summed E-state index contributed by atoms with van der Waals surface area (Å²) in [5, 5.41) is 13.1. The first kappa shape index (κ1) is 11.5. The summed E-state index contributed by atoms with van der Waals surface area (Å²) in [6.45, 7) is 0.466. The van der Waals surface area contributed by atoms with Crippen molar-refractivity contribution >= 4 is 11.8 Å². The fourth-order valence-corrected chi connectivity index (χ4v) is 2.78. The molecule has 0 saturated carbocycles. The van der Waals surface area contributed by atoms with Gasteiger partial charge in [-0.1, -0.05) is 23.9 Å². The zero-order chi connectivity index (χ0) is 12.2. The molecule has 1 atom stereocenters. The Bertz CT molecular complexity index is 521. The van der Waals surface area contributed by atoms with Gasteiger partial charge in [-0.15, -0.1) is 10.2 Å². The SMILES string of the molecule is C1=CC(Sc2nnc(Cn3cncn3)o2)CCC1.